The van der Waals surface area contributed by atoms with Crippen LogP contribution in [0.5, 0.6) is 0 Å². The monoisotopic (exact) mass is 460 g/mol. The topological polar surface area (TPSA) is 97.0 Å². The van der Waals surface area contributed by atoms with Gasteiger partial charge in [-0.2, -0.15) is 0 Å². The zero-order chi connectivity index (χ0) is 24.2. The molecule has 1 aliphatic rings. The van der Waals surface area contributed by atoms with Gasteiger partial charge in [0.05, 0.1) is 29.3 Å². The molecular formula is C27H32N4O3. The highest BCUT2D eigenvalue weighted by molar-refractivity contribution is 5.94. The number of carbonyl (C=O) groups excluding carboxylic acids is 2. The lowest BCUT2D eigenvalue weighted by molar-refractivity contribution is 0.0600. The third kappa shape index (κ3) is 5.19. The number of carbonyl (C=O) groups is 2. The van der Waals surface area contributed by atoms with E-state index in [1.807, 2.05) is 6.07 Å². The molecule has 3 atom stereocenters. The molecule has 1 aliphatic carbocycles. The van der Waals surface area contributed by atoms with Crippen LogP contribution in [0.3, 0.4) is 0 Å². The quantitative estimate of drug-likeness (QED) is 0.398. The van der Waals surface area contributed by atoms with Gasteiger partial charge in [-0.3, -0.25) is 9.78 Å². The maximum Gasteiger partial charge on any atom is 0.337 e. The highest BCUT2D eigenvalue weighted by Gasteiger charge is 2.32. The summed E-state index contributed by atoms with van der Waals surface area (Å²) in [5.74, 6) is 2.08. The number of imidazole rings is 1. The van der Waals surface area contributed by atoms with Crippen LogP contribution >= 0.6 is 0 Å². The standard InChI is InChI=1S/C27H32N4O3/c1-16(2)22-11-20(13-25-30-23-8-7-18(27(33)34-4)12-24(23)31-25)17(3)10-21(22)15-29-26(32)19-6-5-9-28-14-19/h5-10,12,14,16,20-22H,11,13,15H2,1-4H3,(H,29,32)(H,30,31)/t20-,21-,22-/m0/s1. The van der Waals surface area contributed by atoms with E-state index in [9.17, 15) is 9.59 Å². The van der Waals surface area contributed by atoms with Crippen molar-refractivity contribution in [1.29, 1.82) is 0 Å². The summed E-state index contributed by atoms with van der Waals surface area (Å²) in [4.78, 5) is 36.5. The minimum Gasteiger partial charge on any atom is -0.465 e. The Kier molecular flexibility index (Phi) is 7.10. The van der Waals surface area contributed by atoms with E-state index < -0.39 is 0 Å². The van der Waals surface area contributed by atoms with Gasteiger partial charge in [-0.25, -0.2) is 9.78 Å². The second-order valence-electron chi connectivity index (χ2n) is 9.48. The molecule has 0 bridgehead atoms. The Labute approximate surface area is 200 Å². The van der Waals surface area contributed by atoms with Gasteiger partial charge in [0.15, 0.2) is 0 Å². The van der Waals surface area contributed by atoms with E-state index >= 15 is 0 Å². The van der Waals surface area contributed by atoms with Gasteiger partial charge in [-0.1, -0.05) is 25.5 Å². The van der Waals surface area contributed by atoms with E-state index in [0.29, 0.717) is 35.4 Å². The zero-order valence-corrected chi connectivity index (χ0v) is 20.2. The van der Waals surface area contributed by atoms with Crippen LogP contribution in [0.1, 0.15) is 53.7 Å². The predicted molar refractivity (Wildman–Crippen MR) is 131 cm³/mol. The van der Waals surface area contributed by atoms with Crippen LogP contribution in [0.15, 0.2) is 54.4 Å². The SMILES string of the molecule is COC(=O)c1ccc2nc(C[C@@H]3C[C@@H](C(C)C)[C@H](CNC(=O)c4cccnc4)C=C3C)[nH]c2c1. The highest BCUT2D eigenvalue weighted by atomic mass is 16.5. The van der Waals surface area contributed by atoms with Gasteiger partial charge in [0.2, 0.25) is 0 Å². The molecule has 4 rings (SSSR count). The molecule has 0 saturated carbocycles. The Balaban J connectivity index is 1.47. The van der Waals surface area contributed by atoms with Crippen molar-refractivity contribution in [2.75, 3.05) is 13.7 Å². The summed E-state index contributed by atoms with van der Waals surface area (Å²) < 4.78 is 4.82. The van der Waals surface area contributed by atoms with Gasteiger partial charge < -0.3 is 15.0 Å². The Bertz CT molecular complexity index is 1200. The van der Waals surface area contributed by atoms with Gasteiger partial charge in [-0.15, -0.1) is 0 Å². The number of nitrogens with zero attached hydrogens (tertiary/aromatic N) is 2. The van der Waals surface area contributed by atoms with Crippen molar-refractivity contribution in [2.24, 2.45) is 23.7 Å². The fourth-order valence-electron chi connectivity index (χ4n) is 4.95. The molecule has 178 valence electrons. The molecule has 0 spiro atoms. The smallest absolute Gasteiger partial charge is 0.337 e. The molecule has 0 radical (unpaired) electrons. The van der Waals surface area contributed by atoms with E-state index in [4.69, 9.17) is 9.72 Å². The number of ether oxygens (including phenoxy) is 1. The van der Waals surface area contributed by atoms with Gasteiger partial charge in [0.25, 0.3) is 5.91 Å². The van der Waals surface area contributed by atoms with Crippen LogP contribution < -0.4 is 5.32 Å². The summed E-state index contributed by atoms with van der Waals surface area (Å²) in [5, 5.41) is 3.10. The molecule has 1 amide bonds. The van der Waals surface area contributed by atoms with Crippen LogP contribution in [-0.4, -0.2) is 40.5 Å². The number of aromatic amines is 1. The normalized spacial score (nSPS) is 20.3. The minimum absolute atomic E-state index is 0.0858. The number of methoxy groups -OCH3 is 1. The number of H-pyrrole nitrogens is 1. The van der Waals surface area contributed by atoms with E-state index in [2.05, 4.69) is 42.1 Å². The molecule has 2 N–H and O–H groups in total. The molecule has 2 aromatic heterocycles. The van der Waals surface area contributed by atoms with Crippen LogP contribution in [0, 0.1) is 23.7 Å². The van der Waals surface area contributed by atoms with Crippen molar-refractivity contribution in [3.63, 3.8) is 0 Å². The summed E-state index contributed by atoms with van der Waals surface area (Å²) in [5.41, 5.74) is 4.10. The first kappa shape index (κ1) is 23.7. The molecule has 0 unspecified atom stereocenters. The van der Waals surface area contributed by atoms with Crippen molar-refractivity contribution in [3.8, 4) is 0 Å². The number of benzene rings is 1. The summed E-state index contributed by atoms with van der Waals surface area (Å²) in [6.45, 7) is 7.29. The zero-order valence-electron chi connectivity index (χ0n) is 20.2. The number of amides is 1. The van der Waals surface area contributed by atoms with Gasteiger partial charge in [-0.05, 0) is 67.3 Å². The molecule has 7 nitrogen and oxygen atoms in total. The predicted octanol–water partition coefficient (Wildman–Crippen LogP) is 4.57. The molecule has 2 heterocycles. The molecular weight excluding hydrogens is 428 g/mol. The van der Waals surface area contributed by atoms with Crippen molar-refractivity contribution in [1.82, 2.24) is 20.3 Å². The molecule has 1 aromatic carbocycles. The van der Waals surface area contributed by atoms with E-state index in [1.54, 1.807) is 36.7 Å². The molecule has 0 aliphatic heterocycles. The number of hydrogen-bond acceptors (Lipinski definition) is 5. The van der Waals surface area contributed by atoms with E-state index in [0.717, 1.165) is 29.7 Å². The lowest BCUT2D eigenvalue weighted by Crippen LogP contribution is -2.37. The van der Waals surface area contributed by atoms with Gasteiger partial charge in [0, 0.05) is 25.4 Å². The first-order valence-electron chi connectivity index (χ1n) is 11.8. The third-order valence-electron chi connectivity index (χ3n) is 6.90. The molecule has 3 aromatic rings. The summed E-state index contributed by atoms with van der Waals surface area (Å²) in [6, 6.07) is 8.93. The number of rotatable bonds is 7. The number of nitrogens with one attached hydrogen (secondary N) is 2. The van der Waals surface area contributed by atoms with Gasteiger partial charge >= 0.3 is 5.97 Å². The average Bonchev–Trinajstić information content (AvgIpc) is 3.25. The molecule has 0 saturated heterocycles. The van der Waals surface area contributed by atoms with Crippen molar-refractivity contribution < 1.29 is 14.3 Å². The summed E-state index contributed by atoms with van der Waals surface area (Å²) in [7, 11) is 1.38. The Morgan fingerprint density at radius 1 is 1.24 bits per heavy atom. The van der Waals surface area contributed by atoms with Crippen LogP contribution in [0.25, 0.3) is 11.0 Å². The van der Waals surface area contributed by atoms with Crippen molar-refractivity contribution in [3.05, 3.63) is 71.3 Å². The van der Waals surface area contributed by atoms with E-state index in [-0.39, 0.29) is 17.8 Å². The van der Waals surface area contributed by atoms with Crippen LogP contribution in [-0.2, 0) is 11.2 Å². The first-order valence-corrected chi connectivity index (χ1v) is 11.8. The molecule has 34 heavy (non-hydrogen) atoms. The average molecular weight is 461 g/mol. The Hall–Kier alpha value is -3.48. The van der Waals surface area contributed by atoms with E-state index in [1.165, 1.54) is 12.7 Å². The summed E-state index contributed by atoms with van der Waals surface area (Å²) in [6.07, 6.45) is 7.44. The van der Waals surface area contributed by atoms with Gasteiger partial charge in [0.1, 0.15) is 5.82 Å². The van der Waals surface area contributed by atoms with Crippen molar-refractivity contribution >= 4 is 22.9 Å². The van der Waals surface area contributed by atoms with Crippen molar-refractivity contribution in [2.45, 2.75) is 33.6 Å². The number of pyridine rings is 1. The fraction of sp³-hybridized carbons (Fsp3) is 0.407. The second kappa shape index (κ2) is 10.2. The van der Waals surface area contributed by atoms with Crippen LogP contribution in [0.4, 0.5) is 0 Å². The number of hydrogen-bond donors (Lipinski definition) is 2. The number of aromatic nitrogens is 3. The number of allylic oxidation sites excluding steroid dienone is 1. The Morgan fingerprint density at radius 2 is 2.06 bits per heavy atom. The third-order valence-corrected chi connectivity index (χ3v) is 6.90. The highest BCUT2D eigenvalue weighted by Crippen LogP contribution is 2.38. The maximum absolute atomic E-state index is 12.5. The maximum atomic E-state index is 12.5. The summed E-state index contributed by atoms with van der Waals surface area (Å²) >= 11 is 0. The number of fused-ring (bicyclic) bond motifs is 1. The molecule has 7 heteroatoms. The lowest BCUT2D eigenvalue weighted by Gasteiger charge is -2.37. The Morgan fingerprint density at radius 3 is 2.76 bits per heavy atom. The minimum atomic E-state index is -0.356. The van der Waals surface area contributed by atoms with Crippen LogP contribution in [0.2, 0.25) is 0 Å². The fourth-order valence-corrected chi connectivity index (χ4v) is 4.95. The molecule has 0 fully saturated rings. The first-order chi connectivity index (χ1) is 16.4. The lowest BCUT2D eigenvalue weighted by atomic mass is 9.69. The largest absolute Gasteiger partial charge is 0.465 e. The number of esters is 1. The second-order valence-corrected chi connectivity index (χ2v) is 9.48.